The van der Waals surface area contributed by atoms with Gasteiger partial charge in [0, 0.05) is 19.1 Å². The van der Waals surface area contributed by atoms with E-state index in [0.29, 0.717) is 25.1 Å². The van der Waals surface area contributed by atoms with Crippen LogP contribution in [0.1, 0.15) is 25.7 Å². The molecule has 1 saturated heterocycles. The minimum absolute atomic E-state index is 0.0724. The highest BCUT2D eigenvalue weighted by Gasteiger charge is 2.33. The van der Waals surface area contributed by atoms with Crippen LogP contribution >= 0.6 is 0 Å². The fraction of sp³-hybridized carbons (Fsp3) is 0.556. The number of methoxy groups -OCH3 is 1. The third kappa shape index (κ3) is 4.98. The summed E-state index contributed by atoms with van der Waals surface area (Å²) >= 11 is 0. The number of nitrogens with zero attached hydrogens (tertiary/aromatic N) is 1. The van der Waals surface area contributed by atoms with Crippen LogP contribution in [0.4, 0.5) is 0 Å². The molecule has 1 saturated carbocycles. The maximum atomic E-state index is 12.8. The minimum Gasteiger partial charge on any atom is -0.497 e. The van der Waals surface area contributed by atoms with Crippen LogP contribution in [-0.2, 0) is 19.6 Å². The molecule has 2 amide bonds. The Kier molecular flexibility index (Phi) is 6.01. The minimum atomic E-state index is -3.67. The smallest absolute Gasteiger partial charge is 0.243 e. The van der Waals surface area contributed by atoms with Crippen LogP contribution < -0.4 is 15.4 Å². The standard InChI is InChI=1S/C18H25N3O5S/c1-26-15-6-8-16(9-7-15)27(24,25)21-10-2-3-13(12-21)18(23)19-11-17(22)20-14-4-5-14/h6-9,13-14H,2-5,10-12H2,1H3,(H,19,23)(H,20,22). The molecule has 3 rings (SSSR count). The van der Waals surface area contributed by atoms with Gasteiger partial charge in [-0.3, -0.25) is 9.59 Å². The van der Waals surface area contributed by atoms with Gasteiger partial charge in [0.15, 0.2) is 0 Å². The van der Waals surface area contributed by atoms with Gasteiger partial charge in [-0.2, -0.15) is 4.31 Å². The van der Waals surface area contributed by atoms with Gasteiger partial charge < -0.3 is 15.4 Å². The monoisotopic (exact) mass is 395 g/mol. The fourth-order valence-corrected chi connectivity index (χ4v) is 4.61. The molecule has 1 aromatic carbocycles. The van der Waals surface area contributed by atoms with Crippen molar-refractivity contribution in [3.63, 3.8) is 0 Å². The normalized spacial score (nSPS) is 20.7. The van der Waals surface area contributed by atoms with Crippen LogP contribution in [0, 0.1) is 5.92 Å². The summed E-state index contributed by atoms with van der Waals surface area (Å²) in [6, 6.07) is 6.44. The molecular weight excluding hydrogens is 370 g/mol. The molecular formula is C18H25N3O5S. The van der Waals surface area contributed by atoms with E-state index in [2.05, 4.69) is 10.6 Å². The van der Waals surface area contributed by atoms with Gasteiger partial charge in [0.25, 0.3) is 0 Å². The fourth-order valence-electron chi connectivity index (χ4n) is 3.09. The predicted molar refractivity (Wildman–Crippen MR) is 98.7 cm³/mol. The van der Waals surface area contributed by atoms with Crippen LogP contribution in [0.5, 0.6) is 5.75 Å². The Morgan fingerprint density at radius 3 is 2.52 bits per heavy atom. The van der Waals surface area contributed by atoms with Crippen LogP contribution in [-0.4, -0.2) is 57.3 Å². The molecule has 0 spiro atoms. The molecule has 1 aromatic rings. The maximum absolute atomic E-state index is 12.8. The van der Waals surface area contributed by atoms with E-state index in [0.717, 1.165) is 12.8 Å². The quantitative estimate of drug-likeness (QED) is 0.699. The van der Waals surface area contributed by atoms with Crippen molar-refractivity contribution in [2.75, 3.05) is 26.7 Å². The van der Waals surface area contributed by atoms with Crippen molar-refractivity contribution in [1.29, 1.82) is 0 Å². The van der Waals surface area contributed by atoms with Gasteiger partial charge in [0.1, 0.15) is 5.75 Å². The molecule has 0 radical (unpaired) electrons. The van der Waals surface area contributed by atoms with Crippen molar-refractivity contribution in [2.24, 2.45) is 5.92 Å². The molecule has 2 fully saturated rings. The second-order valence-corrected chi connectivity index (χ2v) is 8.88. The lowest BCUT2D eigenvalue weighted by Gasteiger charge is -2.31. The molecule has 8 nitrogen and oxygen atoms in total. The van der Waals surface area contributed by atoms with Crippen molar-refractivity contribution in [3.05, 3.63) is 24.3 Å². The van der Waals surface area contributed by atoms with Gasteiger partial charge in [0.05, 0.1) is 24.5 Å². The van der Waals surface area contributed by atoms with E-state index in [4.69, 9.17) is 4.74 Å². The summed E-state index contributed by atoms with van der Waals surface area (Å²) in [5, 5.41) is 5.43. The lowest BCUT2D eigenvalue weighted by molar-refractivity contribution is -0.129. The van der Waals surface area contributed by atoms with Crippen molar-refractivity contribution in [3.8, 4) is 5.75 Å². The number of nitrogens with one attached hydrogen (secondary N) is 2. The summed E-state index contributed by atoms with van der Waals surface area (Å²) in [5.74, 6) is -0.366. The number of amides is 2. The first-order valence-corrected chi connectivity index (χ1v) is 10.6. The average Bonchev–Trinajstić information content (AvgIpc) is 3.50. The first-order valence-electron chi connectivity index (χ1n) is 9.11. The lowest BCUT2D eigenvalue weighted by Crippen LogP contribution is -2.47. The summed E-state index contributed by atoms with van der Waals surface area (Å²) in [5.41, 5.74) is 0. The molecule has 1 aliphatic carbocycles. The van der Waals surface area contributed by atoms with E-state index in [1.54, 1.807) is 12.1 Å². The number of carbonyl (C=O) groups excluding carboxylic acids is 2. The summed E-state index contributed by atoms with van der Waals surface area (Å²) in [7, 11) is -2.16. The number of sulfonamides is 1. The molecule has 1 aliphatic heterocycles. The number of carbonyl (C=O) groups is 2. The Morgan fingerprint density at radius 1 is 1.19 bits per heavy atom. The third-order valence-corrected chi connectivity index (χ3v) is 6.70. The summed E-state index contributed by atoms with van der Waals surface area (Å²) in [6.07, 6.45) is 3.17. The molecule has 2 N–H and O–H groups in total. The Morgan fingerprint density at radius 2 is 1.89 bits per heavy atom. The molecule has 0 bridgehead atoms. The first kappa shape index (κ1) is 19.6. The van der Waals surface area contributed by atoms with Gasteiger partial charge in [-0.25, -0.2) is 8.42 Å². The summed E-state index contributed by atoms with van der Waals surface area (Å²) in [4.78, 5) is 24.2. The lowest BCUT2D eigenvalue weighted by atomic mass is 9.99. The highest BCUT2D eigenvalue weighted by atomic mass is 32.2. The zero-order valence-corrected chi connectivity index (χ0v) is 16.1. The van der Waals surface area contributed by atoms with Crippen LogP contribution in [0.2, 0.25) is 0 Å². The van der Waals surface area contributed by atoms with E-state index < -0.39 is 15.9 Å². The number of hydrogen-bond acceptors (Lipinski definition) is 5. The zero-order chi connectivity index (χ0) is 19.4. The molecule has 9 heteroatoms. The van der Waals surface area contributed by atoms with Crippen molar-refractivity contribution < 1.29 is 22.7 Å². The molecule has 148 valence electrons. The van der Waals surface area contributed by atoms with Crippen molar-refractivity contribution in [2.45, 2.75) is 36.6 Å². The topological polar surface area (TPSA) is 105 Å². The molecule has 2 aliphatic rings. The Labute approximate surface area is 159 Å². The van der Waals surface area contributed by atoms with Gasteiger partial charge in [-0.1, -0.05) is 0 Å². The van der Waals surface area contributed by atoms with E-state index >= 15 is 0 Å². The number of ether oxygens (including phenoxy) is 1. The van der Waals surface area contributed by atoms with Gasteiger partial charge in [-0.05, 0) is 49.9 Å². The number of piperidine rings is 1. The first-order chi connectivity index (χ1) is 12.9. The van der Waals surface area contributed by atoms with Crippen LogP contribution in [0.15, 0.2) is 29.2 Å². The number of benzene rings is 1. The number of hydrogen-bond donors (Lipinski definition) is 2. The Bertz CT molecular complexity index is 790. The van der Waals surface area contributed by atoms with Gasteiger partial charge >= 0.3 is 0 Å². The zero-order valence-electron chi connectivity index (χ0n) is 15.3. The highest BCUT2D eigenvalue weighted by molar-refractivity contribution is 7.89. The second-order valence-electron chi connectivity index (χ2n) is 6.94. The SMILES string of the molecule is COc1ccc(S(=O)(=O)N2CCCC(C(=O)NCC(=O)NC3CC3)C2)cc1. The third-order valence-electron chi connectivity index (χ3n) is 4.82. The van der Waals surface area contributed by atoms with Crippen LogP contribution in [0.25, 0.3) is 0 Å². The van der Waals surface area contributed by atoms with E-state index in [9.17, 15) is 18.0 Å². The Hall–Kier alpha value is -2.13. The average molecular weight is 395 g/mol. The molecule has 1 heterocycles. The molecule has 1 unspecified atom stereocenters. The summed E-state index contributed by atoms with van der Waals surface area (Å²) < 4.78 is 32.1. The van der Waals surface area contributed by atoms with Crippen LogP contribution in [0.3, 0.4) is 0 Å². The Balaban J connectivity index is 1.58. The largest absolute Gasteiger partial charge is 0.497 e. The molecule has 0 aromatic heterocycles. The van der Waals surface area contributed by atoms with Crippen molar-refractivity contribution >= 4 is 21.8 Å². The molecule has 27 heavy (non-hydrogen) atoms. The van der Waals surface area contributed by atoms with Gasteiger partial charge in [0.2, 0.25) is 21.8 Å². The maximum Gasteiger partial charge on any atom is 0.243 e. The number of rotatable bonds is 7. The highest BCUT2D eigenvalue weighted by Crippen LogP contribution is 2.25. The second kappa shape index (κ2) is 8.26. The van der Waals surface area contributed by atoms with Crippen molar-refractivity contribution in [1.82, 2.24) is 14.9 Å². The van der Waals surface area contributed by atoms with E-state index in [1.807, 2.05) is 0 Å². The predicted octanol–water partition coefficient (Wildman–Crippen LogP) is 0.491. The van der Waals surface area contributed by atoms with E-state index in [-0.39, 0.29) is 35.8 Å². The molecule has 1 atom stereocenters. The van der Waals surface area contributed by atoms with Gasteiger partial charge in [-0.15, -0.1) is 0 Å². The van der Waals surface area contributed by atoms with E-state index in [1.165, 1.54) is 23.5 Å². The summed E-state index contributed by atoms with van der Waals surface area (Å²) in [6.45, 7) is 0.418.